The van der Waals surface area contributed by atoms with Gasteiger partial charge in [0.2, 0.25) is 0 Å². The van der Waals surface area contributed by atoms with Crippen LogP contribution in [0.4, 0.5) is 0 Å². The molecule has 4 atom stereocenters. The van der Waals surface area contributed by atoms with Gasteiger partial charge in [0.25, 0.3) is 0 Å². The van der Waals surface area contributed by atoms with Gasteiger partial charge in [0.05, 0.1) is 6.10 Å². The van der Waals surface area contributed by atoms with E-state index in [4.69, 9.17) is 4.74 Å². The monoisotopic (exact) mass is 155 g/mol. The second kappa shape index (κ2) is 2.76. The highest BCUT2D eigenvalue weighted by Gasteiger charge is 2.40. The summed E-state index contributed by atoms with van der Waals surface area (Å²) in [6, 6.07) is 0. The lowest BCUT2D eigenvalue weighted by Crippen LogP contribution is -2.24. The van der Waals surface area contributed by atoms with E-state index >= 15 is 0 Å². The van der Waals surface area contributed by atoms with Crippen molar-refractivity contribution in [1.29, 1.82) is 0 Å². The molecule has 0 aromatic carbocycles. The lowest BCUT2D eigenvalue weighted by atomic mass is 9.98. The zero-order valence-corrected chi connectivity index (χ0v) is 6.95. The average molecular weight is 155 g/mol. The van der Waals surface area contributed by atoms with Crippen molar-refractivity contribution < 1.29 is 9.84 Å². The van der Waals surface area contributed by atoms with Crippen LogP contribution in [0.5, 0.6) is 0 Å². The molecular weight excluding hydrogens is 140 g/mol. The van der Waals surface area contributed by atoms with Gasteiger partial charge in [0.15, 0.2) is 6.29 Å². The van der Waals surface area contributed by atoms with E-state index in [9.17, 15) is 5.11 Å². The van der Waals surface area contributed by atoms with Crippen molar-refractivity contribution in [2.45, 2.75) is 45.0 Å². The van der Waals surface area contributed by atoms with Crippen molar-refractivity contribution in [2.24, 2.45) is 11.8 Å². The standard InChI is InChI=1S/C9H15O2/c1-6(10)11-9-5-7-2-3-8(9)4-7/h6-9H,2-5H2,1H3. The quantitative estimate of drug-likeness (QED) is 0.560. The largest absolute Gasteiger partial charge is 0.346 e. The summed E-state index contributed by atoms with van der Waals surface area (Å²) < 4.78 is 5.29. The van der Waals surface area contributed by atoms with E-state index in [1.54, 1.807) is 6.92 Å². The van der Waals surface area contributed by atoms with E-state index in [2.05, 4.69) is 0 Å². The first-order valence-corrected chi connectivity index (χ1v) is 4.57. The lowest BCUT2D eigenvalue weighted by molar-refractivity contribution is -0.169. The topological polar surface area (TPSA) is 29.1 Å². The second-order valence-electron chi connectivity index (χ2n) is 3.92. The zero-order chi connectivity index (χ0) is 7.84. The first-order chi connectivity index (χ1) is 5.25. The van der Waals surface area contributed by atoms with Gasteiger partial charge in [-0.25, -0.2) is 5.11 Å². The second-order valence-corrected chi connectivity index (χ2v) is 3.92. The van der Waals surface area contributed by atoms with E-state index in [1.165, 1.54) is 19.3 Å². The van der Waals surface area contributed by atoms with Crippen LogP contribution in [0.25, 0.3) is 0 Å². The average Bonchev–Trinajstić information content (AvgIpc) is 2.45. The summed E-state index contributed by atoms with van der Waals surface area (Å²) in [5.74, 6) is 1.60. The van der Waals surface area contributed by atoms with Crippen LogP contribution in [0, 0.1) is 11.8 Å². The minimum absolute atomic E-state index is 0.307. The molecule has 0 aromatic rings. The Morgan fingerprint density at radius 2 is 2.18 bits per heavy atom. The summed E-state index contributed by atoms with van der Waals surface area (Å²) in [4.78, 5) is 0. The Balaban J connectivity index is 1.87. The van der Waals surface area contributed by atoms with Gasteiger partial charge in [0.1, 0.15) is 0 Å². The predicted molar refractivity (Wildman–Crippen MR) is 40.5 cm³/mol. The predicted octanol–water partition coefficient (Wildman–Crippen LogP) is 1.97. The minimum Gasteiger partial charge on any atom is -0.346 e. The summed E-state index contributed by atoms with van der Waals surface area (Å²) >= 11 is 0. The van der Waals surface area contributed by atoms with Crippen LogP contribution in [0.15, 0.2) is 0 Å². The fourth-order valence-corrected chi connectivity index (χ4v) is 2.60. The first kappa shape index (κ1) is 7.56. The maximum absolute atomic E-state index is 10.7. The minimum atomic E-state index is -0.820. The van der Waals surface area contributed by atoms with E-state index < -0.39 is 6.29 Å². The Morgan fingerprint density at radius 1 is 1.36 bits per heavy atom. The van der Waals surface area contributed by atoms with Crippen LogP contribution < -0.4 is 0 Å². The molecule has 11 heavy (non-hydrogen) atoms. The highest BCUT2D eigenvalue weighted by Crippen LogP contribution is 2.46. The van der Waals surface area contributed by atoms with E-state index in [-0.39, 0.29) is 0 Å². The molecule has 2 aliphatic rings. The fourth-order valence-electron chi connectivity index (χ4n) is 2.60. The van der Waals surface area contributed by atoms with Crippen molar-refractivity contribution in [3.63, 3.8) is 0 Å². The van der Waals surface area contributed by atoms with Gasteiger partial charge in [-0.2, -0.15) is 0 Å². The molecule has 2 aliphatic carbocycles. The molecule has 2 fully saturated rings. The maximum Gasteiger partial charge on any atom is 0.188 e. The van der Waals surface area contributed by atoms with Crippen LogP contribution in [-0.2, 0) is 9.84 Å². The van der Waals surface area contributed by atoms with Gasteiger partial charge < -0.3 is 4.74 Å². The van der Waals surface area contributed by atoms with Gasteiger partial charge in [-0.1, -0.05) is 0 Å². The first-order valence-electron chi connectivity index (χ1n) is 4.57. The van der Waals surface area contributed by atoms with E-state index in [1.807, 2.05) is 0 Å². The molecule has 2 rings (SSSR count). The molecule has 0 spiro atoms. The van der Waals surface area contributed by atoms with Crippen molar-refractivity contribution >= 4 is 0 Å². The fraction of sp³-hybridized carbons (Fsp3) is 1.00. The summed E-state index contributed by atoms with van der Waals surface area (Å²) in [5, 5.41) is 10.7. The summed E-state index contributed by atoms with van der Waals surface area (Å²) in [5.41, 5.74) is 0. The Kier molecular flexibility index (Phi) is 1.90. The van der Waals surface area contributed by atoms with Crippen LogP contribution in [0.2, 0.25) is 0 Å². The normalized spacial score (nSPS) is 44.7. The third-order valence-electron chi connectivity index (χ3n) is 3.04. The summed E-state index contributed by atoms with van der Waals surface area (Å²) in [6.07, 6.45) is 4.62. The third-order valence-corrected chi connectivity index (χ3v) is 3.04. The molecule has 0 saturated heterocycles. The van der Waals surface area contributed by atoms with Gasteiger partial charge in [-0.3, -0.25) is 0 Å². The van der Waals surface area contributed by atoms with Crippen molar-refractivity contribution in [3.05, 3.63) is 0 Å². The molecule has 0 amide bonds. The number of fused-ring (bicyclic) bond motifs is 2. The molecule has 4 unspecified atom stereocenters. The molecule has 2 bridgehead atoms. The highest BCUT2D eigenvalue weighted by molar-refractivity contribution is 4.90. The van der Waals surface area contributed by atoms with Gasteiger partial charge >= 0.3 is 0 Å². The van der Waals surface area contributed by atoms with Crippen LogP contribution in [0.3, 0.4) is 0 Å². The number of rotatable bonds is 2. The van der Waals surface area contributed by atoms with E-state index in [0.717, 1.165) is 18.3 Å². The maximum atomic E-state index is 10.7. The molecule has 0 heterocycles. The molecule has 0 aromatic heterocycles. The molecule has 0 N–H and O–H groups in total. The van der Waals surface area contributed by atoms with Gasteiger partial charge in [-0.05, 0) is 44.4 Å². The van der Waals surface area contributed by atoms with Crippen LogP contribution >= 0.6 is 0 Å². The zero-order valence-electron chi connectivity index (χ0n) is 6.95. The molecule has 2 saturated carbocycles. The van der Waals surface area contributed by atoms with Crippen LogP contribution in [-0.4, -0.2) is 12.4 Å². The lowest BCUT2D eigenvalue weighted by Gasteiger charge is -2.22. The van der Waals surface area contributed by atoms with E-state index in [0.29, 0.717) is 6.10 Å². The van der Waals surface area contributed by atoms with Gasteiger partial charge in [0, 0.05) is 0 Å². The smallest absolute Gasteiger partial charge is 0.188 e. The molecule has 63 valence electrons. The number of ether oxygens (including phenoxy) is 1. The SMILES string of the molecule is CC([O])OC1CC2CCC1C2. The Hall–Kier alpha value is -0.0800. The Bertz CT molecular complexity index is 144. The molecule has 2 nitrogen and oxygen atoms in total. The summed E-state index contributed by atoms with van der Waals surface area (Å²) in [7, 11) is 0. The third kappa shape index (κ3) is 1.42. The molecular formula is C9H15O2. The van der Waals surface area contributed by atoms with Crippen molar-refractivity contribution in [1.82, 2.24) is 0 Å². The van der Waals surface area contributed by atoms with Crippen LogP contribution in [0.1, 0.15) is 32.6 Å². The van der Waals surface area contributed by atoms with Gasteiger partial charge in [-0.15, -0.1) is 0 Å². The highest BCUT2D eigenvalue weighted by atomic mass is 16.6. The van der Waals surface area contributed by atoms with Crippen molar-refractivity contribution in [2.75, 3.05) is 0 Å². The Morgan fingerprint density at radius 3 is 2.64 bits per heavy atom. The molecule has 2 heteroatoms. The molecule has 1 radical (unpaired) electrons. The number of hydrogen-bond acceptors (Lipinski definition) is 1. The Labute approximate surface area is 67.6 Å². The van der Waals surface area contributed by atoms with Crippen molar-refractivity contribution in [3.8, 4) is 0 Å². The number of hydrogen-bond donors (Lipinski definition) is 0. The molecule has 0 aliphatic heterocycles. The summed E-state index contributed by atoms with van der Waals surface area (Å²) in [6.45, 7) is 1.59.